The lowest BCUT2D eigenvalue weighted by molar-refractivity contribution is -0.925. The Bertz CT molecular complexity index is 517. The van der Waals surface area contributed by atoms with Crippen LogP contribution in [-0.4, -0.2) is 19.6 Å². The maximum Gasteiger partial charge on any atom is 0.123 e. The molecule has 0 aromatic heterocycles. The molecule has 0 aliphatic heterocycles. The molecule has 0 aliphatic rings. The van der Waals surface area contributed by atoms with Crippen molar-refractivity contribution in [2.24, 2.45) is 0 Å². The largest absolute Gasteiger partial charge is 0.870 e. The van der Waals surface area contributed by atoms with Gasteiger partial charge in [-0.05, 0) is 12.8 Å². The summed E-state index contributed by atoms with van der Waals surface area (Å²) in [4.78, 5) is 1.63. The molecule has 2 N–H and O–H groups in total. The fraction of sp³-hybridized carbons (Fsp3) is 0.818. The first-order valence-corrected chi connectivity index (χ1v) is 15.5. The number of rotatable bonds is 24. The quantitative estimate of drug-likeness (QED) is 0.144. The van der Waals surface area contributed by atoms with E-state index in [2.05, 4.69) is 58.3 Å². The molecule has 0 aliphatic carbocycles. The molecule has 0 amide bonds. The third-order valence-corrected chi connectivity index (χ3v) is 8.20. The first-order valence-electron chi connectivity index (χ1n) is 15.5. The second-order valence-electron chi connectivity index (χ2n) is 11.3. The zero-order valence-corrected chi connectivity index (χ0v) is 24.4. The lowest BCUT2D eigenvalue weighted by Gasteiger charge is -2.38. The first-order chi connectivity index (χ1) is 16.7. The Hall–Kier alpha value is -0.860. The van der Waals surface area contributed by atoms with Crippen LogP contribution in [0.15, 0.2) is 30.3 Å². The highest BCUT2D eigenvalue weighted by molar-refractivity contribution is 5.22. The molecule has 0 atom stereocenters. The zero-order chi connectivity index (χ0) is 24.7. The average Bonchev–Trinajstić information content (AvgIpc) is 2.85. The van der Waals surface area contributed by atoms with Gasteiger partial charge >= 0.3 is 0 Å². The van der Waals surface area contributed by atoms with Gasteiger partial charge in [0.05, 0.1) is 14.1 Å². The minimum atomic E-state index is 0. The van der Waals surface area contributed by atoms with Crippen LogP contribution >= 0.6 is 0 Å². The van der Waals surface area contributed by atoms with Crippen LogP contribution in [0.5, 0.6) is 0 Å². The highest BCUT2D eigenvalue weighted by atomic mass is 16.0. The van der Waals surface area contributed by atoms with E-state index in [0.29, 0.717) is 5.54 Å². The predicted octanol–water partition coefficient (Wildman–Crippen LogP) is 9.47. The van der Waals surface area contributed by atoms with Crippen molar-refractivity contribution in [2.75, 3.05) is 14.1 Å². The van der Waals surface area contributed by atoms with Crippen molar-refractivity contribution in [3.63, 3.8) is 0 Å². The molecule has 35 heavy (non-hydrogen) atoms. The maximum absolute atomic E-state index is 2.40. The molecule has 0 fully saturated rings. The minimum Gasteiger partial charge on any atom is -0.870 e. The summed E-state index contributed by atoms with van der Waals surface area (Å²) in [6, 6.07) is 11.5. The molecule has 0 radical (unpaired) electrons. The lowest BCUT2D eigenvalue weighted by Crippen LogP contribution is -3.13. The van der Waals surface area contributed by atoms with Crippen LogP contribution in [0.3, 0.4) is 0 Å². The van der Waals surface area contributed by atoms with Crippen molar-refractivity contribution < 1.29 is 10.4 Å². The number of hydrogen-bond donors (Lipinski definition) is 1. The van der Waals surface area contributed by atoms with E-state index in [-0.39, 0.29) is 5.48 Å². The van der Waals surface area contributed by atoms with E-state index in [1.54, 1.807) is 10.5 Å². The molecule has 2 nitrogen and oxygen atoms in total. The highest BCUT2D eigenvalue weighted by Gasteiger charge is 2.37. The summed E-state index contributed by atoms with van der Waals surface area (Å²) in [6.07, 6.45) is 31.2. The van der Waals surface area contributed by atoms with Gasteiger partial charge in [-0.3, -0.25) is 0 Å². The fourth-order valence-electron chi connectivity index (χ4n) is 5.79. The van der Waals surface area contributed by atoms with Crippen LogP contribution in [-0.2, 0) is 5.54 Å². The average molecular weight is 490 g/mol. The third kappa shape index (κ3) is 15.8. The van der Waals surface area contributed by atoms with Gasteiger partial charge in [0.2, 0.25) is 0 Å². The molecule has 1 aromatic carbocycles. The Labute approximate surface area is 221 Å². The third-order valence-electron chi connectivity index (χ3n) is 8.20. The number of benzene rings is 1. The fourth-order valence-corrected chi connectivity index (χ4v) is 5.79. The molecule has 0 spiro atoms. The monoisotopic (exact) mass is 489 g/mol. The van der Waals surface area contributed by atoms with Crippen LogP contribution in [0.1, 0.15) is 161 Å². The molecule has 206 valence electrons. The SMILES string of the molecule is CCCCCCCCCCCCC(CCCCCCCCCCCC)(c1ccccc1)[NH+](C)C.[OH-]. The normalized spacial score (nSPS) is 11.7. The van der Waals surface area contributed by atoms with Gasteiger partial charge in [0, 0.05) is 18.4 Å². The van der Waals surface area contributed by atoms with Gasteiger partial charge in [0.1, 0.15) is 5.54 Å². The Morgan fingerprint density at radius 2 is 0.800 bits per heavy atom. The van der Waals surface area contributed by atoms with E-state index < -0.39 is 0 Å². The van der Waals surface area contributed by atoms with Gasteiger partial charge in [-0.15, -0.1) is 0 Å². The van der Waals surface area contributed by atoms with Crippen molar-refractivity contribution >= 4 is 0 Å². The summed E-state index contributed by atoms with van der Waals surface area (Å²) in [5.41, 5.74) is 1.86. The smallest absolute Gasteiger partial charge is 0.123 e. The van der Waals surface area contributed by atoms with Crippen LogP contribution in [0.25, 0.3) is 0 Å². The highest BCUT2D eigenvalue weighted by Crippen LogP contribution is 2.30. The molecule has 1 aromatic rings. The number of hydrogen-bond acceptors (Lipinski definition) is 1. The van der Waals surface area contributed by atoms with E-state index in [4.69, 9.17) is 0 Å². The molecular formula is C33H63NO. The van der Waals surface area contributed by atoms with Crippen molar-refractivity contribution in [3.05, 3.63) is 35.9 Å². The van der Waals surface area contributed by atoms with Crippen LogP contribution in [0.4, 0.5) is 0 Å². The van der Waals surface area contributed by atoms with Crippen LogP contribution in [0.2, 0.25) is 0 Å². The molecule has 0 saturated heterocycles. The van der Waals surface area contributed by atoms with E-state index in [1.165, 1.54) is 141 Å². The van der Waals surface area contributed by atoms with Gasteiger partial charge in [0.15, 0.2) is 0 Å². The van der Waals surface area contributed by atoms with Crippen molar-refractivity contribution in [2.45, 2.75) is 161 Å². The molecule has 0 unspecified atom stereocenters. The maximum atomic E-state index is 2.40. The van der Waals surface area contributed by atoms with Gasteiger partial charge < -0.3 is 10.4 Å². The first kappa shape index (κ1) is 34.1. The standard InChI is InChI=1S/C33H61N.H2O/c1-5-7-9-11-13-15-17-19-21-26-30-33(34(3)4,32-28-24-23-25-29-32)31-27-22-20-18-16-14-12-10-8-6-2;/h23-25,28-29H,5-22,26-27,30-31H2,1-4H3;1H2. The Morgan fingerprint density at radius 1 is 0.486 bits per heavy atom. The minimum absolute atomic E-state index is 0. The van der Waals surface area contributed by atoms with Gasteiger partial charge in [-0.1, -0.05) is 160 Å². The topological polar surface area (TPSA) is 34.4 Å². The number of nitrogens with one attached hydrogen (secondary N) is 1. The Morgan fingerprint density at radius 3 is 1.11 bits per heavy atom. The second-order valence-corrected chi connectivity index (χ2v) is 11.3. The van der Waals surface area contributed by atoms with Gasteiger partial charge in [-0.25, -0.2) is 0 Å². The Balaban J connectivity index is 0.0000116. The van der Waals surface area contributed by atoms with E-state index in [9.17, 15) is 0 Å². The van der Waals surface area contributed by atoms with Crippen LogP contribution < -0.4 is 4.90 Å². The van der Waals surface area contributed by atoms with Gasteiger partial charge in [0.25, 0.3) is 0 Å². The van der Waals surface area contributed by atoms with Crippen molar-refractivity contribution in [1.29, 1.82) is 0 Å². The molecule has 2 heteroatoms. The second kappa shape index (κ2) is 23.5. The molecular weight excluding hydrogens is 426 g/mol. The summed E-state index contributed by atoms with van der Waals surface area (Å²) >= 11 is 0. The van der Waals surface area contributed by atoms with Gasteiger partial charge in [-0.2, -0.15) is 0 Å². The summed E-state index contributed by atoms with van der Waals surface area (Å²) in [5, 5.41) is 0. The number of unbranched alkanes of at least 4 members (excludes halogenated alkanes) is 18. The molecule has 0 heterocycles. The summed E-state index contributed by atoms with van der Waals surface area (Å²) in [6.45, 7) is 4.61. The van der Waals surface area contributed by atoms with E-state index in [0.717, 1.165) is 0 Å². The molecule has 1 rings (SSSR count). The van der Waals surface area contributed by atoms with E-state index >= 15 is 0 Å². The zero-order valence-electron chi connectivity index (χ0n) is 24.4. The van der Waals surface area contributed by atoms with E-state index in [1.807, 2.05) is 0 Å². The van der Waals surface area contributed by atoms with Crippen LogP contribution in [0, 0.1) is 0 Å². The van der Waals surface area contributed by atoms with Crippen molar-refractivity contribution in [3.8, 4) is 0 Å². The predicted molar refractivity (Wildman–Crippen MR) is 156 cm³/mol. The lowest BCUT2D eigenvalue weighted by atomic mass is 9.79. The molecule has 0 bridgehead atoms. The van der Waals surface area contributed by atoms with Crippen molar-refractivity contribution in [1.82, 2.24) is 0 Å². The summed E-state index contributed by atoms with van der Waals surface area (Å²) in [5.74, 6) is 0. The molecule has 0 saturated carbocycles. The summed E-state index contributed by atoms with van der Waals surface area (Å²) in [7, 11) is 4.80. The summed E-state index contributed by atoms with van der Waals surface area (Å²) < 4.78 is 0. The Kier molecular flexibility index (Phi) is 23.0. The number of quaternary nitrogens is 1.